The number of carbonyl (C=O) groups excluding carboxylic acids is 1. The molecule has 0 bridgehead atoms. The third-order valence-corrected chi connectivity index (χ3v) is 4.07. The van der Waals surface area contributed by atoms with Gasteiger partial charge in [0.25, 0.3) is 5.91 Å². The van der Waals surface area contributed by atoms with Crippen molar-refractivity contribution >= 4 is 28.8 Å². The largest absolute Gasteiger partial charge is 0.478 e. The highest BCUT2D eigenvalue weighted by atomic mass is 35.5. The van der Waals surface area contributed by atoms with Crippen molar-refractivity contribution in [3.05, 3.63) is 45.2 Å². The second kappa shape index (κ2) is 6.72. The molecule has 4 nitrogen and oxygen atoms in total. The number of carbonyl (C=O) groups is 1. The third-order valence-electron chi connectivity index (χ3n) is 2.66. The van der Waals surface area contributed by atoms with Crippen molar-refractivity contribution in [3.63, 3.8) is 0 Å². The lowest BCUT2D eigenvalue weighted by Gasteiger charge is -2.12. The molecule has 1 N–H and O–H groups in total. The van der Waals surface area contributed by atoms with Crippen molar-refractivity contribution in [2.75, 3.05) is 6.61 Å². The lowest BCUT2D eigenvalue weighted by atomic mass is 10.2. The monoisotopic (exact) mass is 310 g/mol. The molecule has 106 valence electrons. The van der Waals surface area contributed by atoms with Gasteiger partial charge in [-0.1, -0.05) is 11.6 Å². The van der Waals surface area contributed by atoms with Crippen molar-refractivity contribution in [2.45, 2.75) is 19.9 Å². The Bertz CT molecular complexity index is 583. The van der Waals surface area contributed by atoms with E-state index >= 15 is 0 Å². The maximum atomic E-state index is 12.1. The van der Waals surface area contributed by atoms with Gasteiger partial charge in [0.1, 0.15) is 0 Å². The first-order valence-corrected chi connectivity index (χ1v) is 7.44. The maximum Gasteiger partial charge on any atom is 0.253 e. The summed E-state index contributed by atoms with van der Waals surface area (Å²) in [5, 5.41) is 2.91. The molecule has 0 fully saturated rings. The van der Waals surface area contributed by atoms with Crippen LogP contribution in [0.3, 0.4) is 0 Å². The highest BCUT2D eigenvalue weighted by Gasteiger charge is 2.13. The number of ether oxygens (including phenoxy) is 1. The molecule has 0 unspecified atom stereocenters. The maximum absolute atomic E-state index is 12.1. The van der Waals surface area contributed by atoms with Gasteiger partial charge < -0.3 is 10.1 Å². The van der Waals surface area contributed by atoms with Crippen LogP contribution in [0.15, 0.2) is 30.5 Å². The molecule has 0 radical (unpaired) electrons. The number of aromatic nitrogens is 1. The SMILES string of the molecule is CCOc1ccc(C(=O)N[C@H](C)c2ccc(Cl)s2)cn1. The van der Waals surface area contributed by atoms with Gasteiger partial charge in [0.05, 0.1) is 22.5 Å². The van der Waals surface area contributed by atoms with Crippen LogP contribution in [-0.2, 0) is 0 Å². The van der Waals surface area contributed by atoms with E-state index in [-0.39, 0.29) is 11.9 Å². The molecule has 2 aromatic rings. The van der Waals surface area contributed by atoms with Crippen molar-refractivity contribution in [1.82, 2.24) is 10.3 Å². The van der Waals surface area contributed by atoms with Gasteiger partial charge in [-0.05, 0) is 32.0 Å². The van der Waals surface area contributed by atoms with Gasteiger partial charge in [-0.25, -0.2) is 4.98 Å². The lowest BCUT2D eigenvalue weighted by molar-refractivity contribution is 0.0940. The van der Waals surface area contributed by atoms with Crippen molar-refractivity contribution < 1.29 is 9.53 Å². The number of hydrogen-bond donors (Lipinski definition) is 1. The van der Waals surface area contributed by atoms with E-state index in [9.17, 15) is 4.79 Å². The smallest absolute Gasteiger partial charge is 0.253 e. The molecule has 20 heavy (non-hydrogen) atoms. The topological polar surface area (TPSA) is 51.2 Å². The average molecular weight is 311 g/mol. The normalized spacial score (nSPS) is 11.9. The molecule has 0 aliphatic carbocycles. The standard InChI is InChI=1S/C14H15ClN2O2S/c1-3-19-13-7-4-10(8-16-13)14(18)17-9(2)11-5-6-12(15)20-11/h4-9H,3H2,1-2H3,(H,17,18)/t9-/m1/s1. The van der Waals surface area contributed by atoms with Crippen molar-refractivity contribution in [1.29, 1.82) is 0 Å². The van der Waals surface area contributed by atoms with Gasteiger partial charge in [-0.15, -0.1) is 11.3 Å². The van der Waals surface area contributed by atoms with Crippen LogP contribution < -0.4 is 10.1 Å². The number of hydrogen-bond acceptors (Lipinski definition) is 4. The van der Waals surface area contributed by atoms with Gasteiger partial charge in [0.15, 0.2) is 0 Å². The van der Waals surface area contributed by atoms with Gasteiger partial charge in [-0.3, -0.25) is 4.79 Å². The minimum absolute atomic E-state index is 0.0911. The molecule has 0 aliphatic heterocycles. The van der Waals surface area contributed by atoms with Crippen LogP contribution in [0.1, 0.15) is 35.1 Å². The molecule has 0 spiro atoms. The molecule has 0 saturated heterocycles. The van der Waals surface area contributed by atoms with Crippen LogP contribution in [0.4, 0.5) is 0 Å². The van der Waals surface area contributed by atoms with Crippen LogP contribution in [0.25, 0.3) is 0 Å². The highest BCUT2D eigenvalue weighted by Crippen LogP contribution is 2.26. The fourth-order valence-electron chi connectivity index (χ4n) is 1.66. The molecular weight excluding hydrogens is 296 g/mol. The second-order valence-electron chi connectivity index (χ2n) is 4.16. The Morgan fingerprint density at radius 1 is 1.45 bits per heavy atom. The summed E-state index contributed by atoms with van der Waals surface area (Å²) in [7, 11) is 0. The average Bonchev–Trinajstić information content (AvgIpc) is 2.86. The van der Waals surface area contributed by atoms with Gasteiger partial charge in [0, 0.05) is 17.1 Å². The number of amides is 1. The van der Waals surface area contributed by atoms with Crippen LogP contribution >= 0.6 is 22.9 Å². The quantitative estimate of drug-likeness (QED) is 0.916. The molecular formula is C14H15ClN2O2S. The fraction of sp³-hybridized carbons (Fsp3) is 0.286. The fourth-order valence-corrected chi connectivity index (χ4v) is 2.72. The number of thiophene rings is 1. The molecule has 0 aliphatic rings. The Morgan fingerprint density at radius 3 is 2.80 bits per heavy atom. The Morgan fingerprint density at radius 2 is 2.25 bits per heavy atom. The molecule has 0 aromatic carbocycles. The van der Waals surface area contributed by atoms with E-state index in [0.717, 1.165) is 4.88 Å². The molecule has 2 rings (SSSR count). The molecule has 1 amide bonds. The Balaban J connectivity index is 2.00. The highest BCUT2D eigenvalue weighted by molar-refractivity contribution is 7.16. The van der Waals surface area contributed by atoms with E-state index in [4.69, 9.17) is 16.3 Å². The summed E-state index contributed by atoms with van der Waals surface area (Å²) in [6.07, 6.45) is 1.51. The summed E-state index contributed by atoms with van der Waals surface area (Å²) in [6, 6.07) is 7.02. The third kappa shape index (κ3) is 3.71. The molecule has 2 heterocycles. The molecule has 2 aromatic heterocycles. The Labute approximate surface area is 126 Å². The summed E-state index contributed by atoms with van der Waals surface area (Å²) in [5.41, 5.74) is 0.503. The van der Waals surface area contributed by atoms with E-state index in [1.165, 1.54) is 17.5 Å². The molecule has 1 atom stereocenters. The summed E-state index contributed by atoms with van der Waals surface area (Å²) in [6.45, 7) is 4.35. The predicted molar refractivity (Wildman–Crippen MR) is 80.6 cm³/mol. The predicted octanol–water partition coefficient (Wildman–Crippen LogP) is 3.69. The van der Waals surface area contributed by atoms with Crippen molar-refractivity contribution in [3.8, 4) is 5.88 Å². The second-order valence-corrected chi connectivity index (χ2v) is 5.90. The first-order chi connectivity index (χ1) is 9.60. The summed E-state index contributed by atoms with van der Waals surface area (Å²) < 4.78 is 5.95. The number of pyridine rings is 1. The zero-order valence-corrected chi connectivity index (χ0v) is 12.8. The number of nitrogens with zero attached hydrogens (tertiary/aromatic N) is 1. The first-order valence-electron chi connectivity index (χ1n) is 6.25. The summed E-state index contributed by atoms with van der Waals surface area (Å²) >= 11 is 7.34. The zero-order valence-electron chi connectivity index (χ0n) is 11.2. The first kappa shape index (κ1) is 14.8. The van der Waals surface area contributed by atoms with Crippen molar-refractivity contribution in [2.24, 2.45) is 0 Å². The van der Waals surface area contributed by atoms with Crippen LogP contribution in [0.5, 0.6) is 5.88 Å². The van der Waals surface area contributed by atoms with E-state index in [0.29, 0.717) is 22.4 Å². The number of nitrogens with one attached hydrogen (secondary N) is 1. The van der Waals surface area contributed by atoms with E-state index in [1.54, 1.807) is 12.1 Å². The van der Waals surface area contributed by atoms with E-state index < -0.39 is 0 Å². The Hall–Kier alpha value is -1.59. The molecule has 6 heteroatoms. The number of halogens is 1. The van der Waals surface area contributed by atoms with Crippen LogP contribution in [-0.4, -0.2) is 17.5 Å². The molecule has 0 saturated carbocycles. The van der Waals surface area contributed by atoms with Gasteiger partial charge in [0.2, 0.25) is 5.88 Å². The minimum Gasteiger partial charge on any atom is -0.478 e. The van der Waals surface area contributed by atoms with Crippen LogP contribution in [0, 0.1) is 0 Å². The van der Waals surface area contributed by atoms with Gasteiger partial charge >= 0.3 is 0 Å². The van der Waals surface area contributed by atoms with E-state index in [2.05, 4.69) is 10.3 Å². The lowest BCUT2D eigenvalue weighted by Crippen LogP contribution is -2.26. The summed E-state index contributed by atoms with van der Waals surface area (Å²) in [5.74, 6) is 0.347. The van der Waals surface area contributed by atoms with E-state index in [1.807, 2.05) is 26.0 Å². The number of rotatable bonds is 5. The zero-order chi connectivity index (χ0) is 14.5. The van der Waals surface area contributed by atoms with Gasteiger partial charge in [-0.2, -0.15) is 0 Å². The van der Waals surface area contributed by atoms with Crippen LogP contribution in [0.2, 0.25) is 4.34 Å². The minimum atomic E-state index is -0.169. The Kier molecular flexibility index (Phi) is 4.98. The summed E-state index contributed by atoms with van der Waals surface area (Å²) in [4.78, 5) is 17.2.